The summed E-state index contributed by atoms with van der Waals surface area (Å²) in [5.74, 6) is 0.504. The summed E-state index contributed by atoms with van der Waals surface area (Å²) in [4.78, 5) is 22.7. The molecule has 0 aliphatic heterocycles. The minimum absolute atomic E-state index is 0.233. The van der Waals surface area contributed by atoms with Gasteiger partial charge in [-0.15, -0.1) is 11.8 Å². The first-order chi connectivity index (χ1) is 8.69. The van der Waals surface area contributed by atoms with E-state index in [4.69, 9.17) is 13.9 Å². The fraction of sp³-hybridized carbons (Fsp3) is 0.500. The zero-order valence-electron chi connectivity index (χ0n) is 10.4. The molecule has 0 bridgehead atoms. The maximum absolute atomic E-state index is 11.5. The third kappa shape index (κ3) is 4.44. The number of carbonyl (C=O) groups excluding carboxylic acids is 2. The van der Waals surface area contributed by atoms with Gasteiger partial charge in [-0.2, -0.15) is 0 Å². The maximum atomic E-state index is 11.5. The Morgan fingerprint density at radius 3 is 2.67 bits per heavy atom. The SMILES string of the molecule is CCOC(=O)CSCc1occc1C(=O)OCC. The largest absolute Gasteiger partial charge is 0.468 e. The molecule has 0 atom stereocenters. The van der Waals surface area contributed by atoms with Crippen LogP contribution in [0.25, 0.3) is 0 Å². The standard InChI is InChI=1S/C12H16O5S/c1-3-15-11(13)8-18-7-10-9(5-6-17-10)12(14)16-4-2/h5-6H,3-4,7-8H2,1-2H3. The number of ether oxygens (including phenoxy) is 2. The van der Waals surface area contributed by atoms with E-state index in [9.17, 15) is 9.59 Å². The van der Waals surface area contributed by atoms with Gasteiger partial charge < -0.3 is 13.9 Å². The van der Waals surface area contributed by atoms with Crippen molar-refractivity contribution in [2.75, 3.05) is 19.0 Å². The van der Waals surface area contributed by atoms with Crippen LogP contribution in [0.1, 0.15) is 30.0 Å². The number of hydrogen-bond donors (Lipinski definition) is 0. The molecule has 0 aromatic carbocycles. The highest BCUT2D eigenvalue weighted by atomic mass is 32.2. The molecule has 0 aliphatic carbocycles. The molecule has 0 N–H and O–H groups in total. The molecule has 0 amide bonds. The Kier molecular flexibility index (Phi) is 6.35. The van der Waals surface area contributed by atoms with Crippen LogP contribution in [0.15, 0.2) is 16.7 Å². The van der Waals surface area contributed by atoms with E-state index in [1.807, 2.05) is 0 Å². The lowest BCUT2D eigenvalue weighted by Gasteiger charge is -2.03. The molecule has 18 heavy (non-hydrogen) atoms. The molecular formula is C12H16O5S. The number of thioether (sulfide) groups is 1. The van der Waals surface area contributed by atoms with Crippen molar-refractivity contribution < 1.29 is 23.5 Å². The lowest BCUT2D eigenvalue weighted by Crippen LogP contribution is -2.08. The van der Waals surface area contributed by atoms with E-state index in [1.54, 1.807) is 19.9 Å². The van der Waals surface area contributed by atoms with Crippen LogP contribution < -0.4 is 0 Å². The van der Waals surface area contributed by atoms with Crippen molar-refractivity contribution in [1.82, 2.24) is 0 Å². The van der Waals surface area contributed by atoms with Crippen molar-refractivity contribution in [1.29, 1.82) is 0 Å². The van der Waals surface area contributed by atoms with Crippen molar-refractivity contribution in [3.05, 3.63) is 23.7 Å². The predicted octanol–water partition coefficient (Wildman–Crippen LogP) is 2.25. The van der Waals surface area contributed by atoms with Crippen LogP contribution in [0.5, 0.6) is 0 Å². The Morgan fingerprint density at radius 2 is 2.00 bits per heavy atom. The van der Waals surface area contributed by atoms with Gasteiger partial charge in [0.05, 0.1) is 31.0 Å². The normalized spacial score (nSPS) is 10.1. The monoisotopic (exact) mass is 272 g/mol. The summed E-state index contributed by atoms with van der Waals surface area (Å²) in [7, 11) is 0. The summed E-state index contributed by atoms with van der Waals surface area (Å²) in [6, 6.07) is 1.57. The van der Waals surface area contributed by atoms with Gasteiger partial charge in [0.15, 0.2) is 0 Å². The smallest absolute Gasteiger partial charge is 0.341 e. The first-order valence-corrected chi connectivity index (χ1v) is 6.81. The quantitative estimate of drug-likeness (QED) is 0.709. The molecule has 1 rings (SSSR count). The van der Waals surface area contributed by atoms with E-state index >= 15 is 0 Å². The first-order valence-electron chi connectivity index (χ1n) is 5.65. The van der Waals surface area contributed by atoms with Gasteiger partial charge in [0.25, 0.3) is 0 Å². The fourth-order valence-corrected chi connectivity index (χ4v) is 2.03. The molecule has 100 valence electrons. The van der Waals surface area contributed by atoms with E-state index in [1.165, 1.54) is 18.0 Å². The Labute approximate surface area is 110 Å². The molecule has 0 fully saturated rings. The van der Waals surface area contributed by atoms with Crippen LogP contribution in [-0.4, -0.2) is 30.9 Å². The third-order valence-corrected chi connectivity index (χ3v) is 2.91. The number of furan rings is 1. The third-order valence-electron chi connectivity index (χ3n) is 2.00. The summed E-state index contributed by atoms with van der Waals surface area (Å²) in [5, 5.41) is 0. The molecule has 0 radical (unpaired) electrons. The molecular weight excluding hydrogens is 256 g/mol. The average molecular weight is 272 g/mol. The van der Waals surface area contributed by atoms with Gasteiger partial charge in [-0.25, -0.2) is 4.79 Å². The molecule has 1 aromatic rings. The molecule has 0 aliphatic rings. The molecule has 1 aromatic heterocycles. The van der Waals surface area contributed by atoms with Gasteiger partial charge in [0.1, 0.15) is 11.3 Å². The number of esters is 2. The second-order valence-electron chi connectivity index (χ2n) is 3.28. The van der Waals surface area contributed by atoms with Crippen molar-refractivity contribution in [2.24, 2.45) is 0 Å². The second kappa shape index (κ2) is 7.81. The molecule has 0 saturated carbocycles. The molecule has 5 nitrogen and oxygen atoms in total. The number of hydrogen-bond acceptors (Lipinski definition) is 6. The predicted molar refractivity (Wildman–Crippen MR) is 67.5 cm³/mol. The lowest BCUT2D eigenvalue weighted by atomic mass is 10.3. The number of carbonyl (C=O) groups is 2. The Bertz CT molecular complexity index is 399. The first kappa shape index (κ1) is 14.6. The van der Waals surface area contributed by atoms with E-state index in [-0.39, 0.29) is 11.7 Å². The van der Waals surface area contributed by atoms with Crippen molar-refractivity contribution in [2.45, 2.75) is 19.6 Å². The van der Waals surface area contributed by atoms with E-state index in [0.717, 1.165) is 0 Å². The van der Waals surface area contributed by atoms with E-state index in [2.05, 4.69) is 0 Å². The van der Waals surface area contributed by atoms with E-state index in [0.29, 0.717) is 30.3 Å². The summed E-state index contributed by atoms with van der Waals surface area (Å²) >= 11 is 1.33. The van der Waals surface area contributed by atoms with Crippen molar-refractivity contribution >= 4 is 23.7 Å². The zero-order valence-corrected chi connectivity index (χ0v) is 11.2. The lowest BCUT2D eigenvalue weighted by molar-refractivity contribution is -0.139. The topological polar surface area (TPSA) is 65.7 Å². The highest BCUT2D eigenvalue weighted by Gasteiger charge is 2.16. The molecule has 0 saturated heterocycles. The van der Waals surface area contributed by atoms with Gasteiger partial charge in [-0.3, -0.25) is 4.79 Å². The molecule has 6 heteroatoms. The fourth-order valence-electron chi connectivity index (χ4n) is 1.27. The Hall–Kier alpha value is -1.43. The Balaban J connectivity index is 2.45. The zero-order chi connectivity index (χ0) is 13.4. The van der Waals surface area contributed by atoms with Gasteiger partial charge in [0, 0.05) is 0 Å². The van der Waals surface area contributed by atoms with Crippen molar-refractivity contribution in [3.63, 3.8) is 0 Å². The van der Waals surface area contributed by atoms with Crippen LogP contribution in [0.2, 0.25) is 0 Å². The van der Waals surface area contributed by atoms with Gasteiger partial charge >= 0.3 is 11.9 Å². The highest BCUT2D eigenvalue weighted by molar-refractivity contribution is 7.99. The maximum Gasteiger partial charge on any atom is 0.341 e. The summed E-state index contributed by atoms with van der Waals surface area (Å²) < 4.78 is 14.9. The van der Waals surface area contributed by atoms with Gasteiger partial charge in [-0.05, 0) is 19.9 Å². The average Bonchev–Trinajstić information content (AvgIpc) is 2.78. The summed E-state index contributed by atoms with van der Waals surface area (Å²) in [5.41, 5.74) is 0.410. The van der Waals surface area contributed by atoms with Crippen LogP contribution in [0.3, 0.4) is 0 Å². The molecule has 0 spiro atoms. The van der Waals surface area contributed by atoms with Gasteiger partial charge in [0.2, 0.25) is 0 Å². The van der Waals surface area contributed by atoms with E-state index < -0.39 is 5.97 Å². The van der Waals surface area contributed by atoms with Crippen LogP contribution >= 0.6 is 11.8 Å². The van der Waals surface area contributed by atoms with Crippen molar-refractivity contribution in [3.8, 4) is 0 Å². The molecule has 0 unspecified atom stereocenters. The second-order valence-corrected chi connectivity index (χ2v) is 4.26. The summed E-state index contributed by atoms with van der Waals surface area (Å²) in [6.45, 7) is 4.19. The highest BCUT2D eigenvalue weighted by Crippen LogP contribution is 2.19. The summed E-state index contributed by atoms with van der Waals surface area (Å²) in [6.07, 6.45) is 1.44. The Morgan fingerprint density at radius 1 is 1.28 bits per heavy atom. The number of rotatable bonds is 7. The van der Waals surface area contributed by atoms with Crippen LogP contribution in [-0.2, 0) is 20.0 Å². The minimum atomic E-state index is -0.405. The molecule has 1 heterocycles. The minimum Gasteiger partial charge on any atom is -0.468 e. The van der Waals surface area contributed by atoms with Crippen LogP contribution in [0, 0.1) is 0 Å². The van der Waals surface area contributed by atoms with Crippen LogP contribution in [0.4, 0.5) is 0 Å². The van der Waals surface area contributed by atoms with Gasteiger partial charge in [-0.1, -0.05) is 0 Å².